The molecule has 0 heterocycles. The van der Waals surface area contributed by atoms with Crippen molar-refractivity contribution < 1.29 is 20.8 Å². The molecule has 0 aromatic carbocycles. The Kier molecular flexibility index (Phi) is 7.40. The van der Waals surface area contributed by atoms with E-state index in [0.29, 0.717) is 0 Å². The molecular weight excluding hydrogens is 450 g/mol. The normalized spacial score (nSPS) is 27.2. The van der Waals surface area contributed by atoms with Gasteiger partial charge in [0.25, 0.3) is 0 Å². The zero-order valence-corrected chi connectivity index (χ0v) is 20.2. The Hall–Kier alpha value is 0.163. The van der Waals surface area contributed by atoms with Gasteiger partial charge in [-0.05, 0) is 99.3 Å². The summed E-state index contributed by atoms with van der Waals surface area (Å²) in [5, 5.41) is 0. The van der Waals surface area contributed by atoms with E-state index in [-0.39, 0.29) is 0 Å². The Morgan fingerprint density at radius 3 is 2.22 bits per heavy atom. The molecule has 0 bridgehead atoms. The summed E-state index contributed by atoms with van der Waals surface area (Å²) in [4.78, 5) is 0. The third kappa shape index (κ3) is 4.36. The van der Waals surface area contributed by atoms with Gasteiger partial charge in [-0.1, -0.05) is 41.4 Å². The van der Waals surface area contributed by atoms with Crippen LogP contribution in [0, 0.1) is 5.92 Å². The van der Waals surface area contributed by atoms with E-state index in [4.69, 9.17) is 17.0 Å². The number of rotatable bonds is 1. The van der Waals surface area contributed by atoms with Gasteiger partial charge in [-0.15, -0.1) is 0 Å². The molecule has 144 valence electrons. The summed E-state index contributed by atoms with van der Waals surface area (Å²) in [5.74, 6) is 0.744. The van der Waals surface area contributed by atoms with Crippen LogP contribution in [0.15, 0.2) is 57.2 Å². The van der Waals surface area contributed by atoms with Crippen LogP contribution in [0.3, 0.4) is 0 Å². The summed E-state index contributed by atoms with van der Waals surface area (Å²) < 4.78 is 0. The van der Waals surface area contributed by atoms with Gasteiger partial charge in [-0.3, -0.25) is 0 Å². The summed E-state index contributed by atoms with van der Waals surface area (Å²) in [5.41, 5.74) is 12.7. The maximum absolute atomic E-state index is 4.93. The van der Waals surface area contributed by atoms with E-state index in [2.05, 4.69) is 18.2 Å². The van der Waals surface area contributed by atoms with E-state index in [1.807, 2.05) is 33.4 Å². The Morgan fingerprint density at radius 1 is 0.778 bits per heavy atom. The van der Waals surface area contributed by atoms with Crippen molar-refractivity contribution in [2.75, 3.05) is 0 Å². The molecule has 0 radical (unpaired) electrons. The van der Waals surface area contributed by atoms with Crippen LogP contribution in [-0.4, -0.2) is 0 Å². The van der Waals surface area contributed by atoms with Gasteiger partial charge in [0, 0.05) is 5.92 Å². The number of allylic oxidation sites excluding steroid dienone is 10. The first-order valence-corrected chi connectivity index (χ1v) is 17.1. The van der Waals surface area contributed by atoms with E-state index in [1.165, 1.54) is 83.5 Å². The van der Waals surface area contributed by atoms with Gasteiger partial charge < -0.3 is 0 Å². The van der Waals surface area contributed by atoms with Crippen molar-refractivity contribution in [3.05, 3.63) is 57.2 Å². The van der Waals surface area contributed by atoms with Crippen LogP contribution in [-0.2, 0) is 20.8 Å². The zero-order chi connectivity index (χ0) is 18.6. The van der Waals surface area contributed by atoms with Crippen molar-refractivity contribution in [3.8, 4) is 0 Å². The van der Waals surface area contributed by atoms with Crippen LogP contribution >= 0.6 is 17.0 Å². The Bertz CT molecular complexity index is 727. The molecule has 27 heavy (non-hydrogen) atoms. The molecule has 0 amide bonds. The molecule has 1 atom stereocenters. The van der Waals surface area contributed by atoms with Crippen molar-refractivity contribution in [1.29, 1.82) is 0 Å². The molecule has 0 N–H and O–H groups in total. The van der Waals surface area contributed by atoms with Gasteiger partial charge in [-0.2, -0.15) is 0 Å². The predicted octanol–water partition coefficient (Wildman–Crippen LogP) is 8.49. The van der Waals surface area contributed by atoms with Gasteiger partial charge >= 0.3 is 37.9 Å². The first-order valence-electron chi connectivity index (χ1n) is 10.8. The van der Waals surface area contributed by atoms with Crippen molar-refractivity contribution in [2.24, 2.45) is 5.92 Å². The second kappa shape index (κ2) is 9.78. The molecule has 0 spiro atoms. The van der Waals surface area contributed by atoms with Crippen molar-refractivity contribution in [3.63, 3.8) is 0 Å². The van der Waals surface area contributed by atoms with E-state index >= 15 is 0 Å². The fourth-order valence-corrected chi connectivity index (χ4v) is 6.03. The minimum atomic E-state index is -0.826. The summed E-state index contributed by atoms with van der Waals surface area (Å²) in [6.45, 7) is 0. The molecule has 0 aliphatic heterocycles. The molecule has 5 aliphatic rings. The predicted molar refractivity (Wildman–Crippen MR) is 114 cm³/mol. The third-order valence-electron chi connectivity index (χ3n) is 7.14. The molecule has 1 saturated carbocycles. The topological polar surface area (TPSA) is 0 Å². The summed E-state index contributed by atoms with van der Waals surface area (Å²) >= 11 is -0.826. The quantitative estimate of drug-likeness (QED) is 0.353. The molecule has 0 aromatic rings. The SMILES string of the molecule is C1=CCC(C2CCC3=C(CC4=C3CCCC4)C2=C2CCCCC2)=C1.[Cl][Zr][Cl]. The van der Waals surface area contributed by atoms with Gasteiger partial charge in [0.2, 0.25) is 0 Å². The van der Waals surface area contributed by atoms with Crippen LogP contribution in [0.1, 0.15) is 83.5 Å². The van der Waals surface area contributed by atoms with E-state index in [0.717, 1.165) is 5.92 Å². The van der Waals surface area contributed by atoms with Crippen LogP contribution < -0.4 is 0 Å². The third-order valence-corrected chi connectivity index (χ3v) is 7.14. The first-order chi connectivity index (χ1) is 13.3. The number of hydrogen-bond acceptors (Lipinski definition) is 0. The molecule has 5 rings (SSSR count). The fourth-order valence-electron chi connectivity index (χ4n) is 6.03. The summed E-state index contributed by atoms with van der Waals surface area (Å²) in [6, 6.07) is 0. The molecule has 3 heteroatoms. The van der Waals surface area contributed by atoms with Crippen molar-refractivity contribution in [2.45, 2.75) is 83.5 Å². The van der Waals surface area contributed by atoms with Gasteiger partial charge in [0.1, 0.15) is 0 Å². The van der Waals surface area contributed by atoms with Gasteiger partial charge in [0.15, 0.2) is 0 Å². The average molecular weight is 481 g/mol. The molecular formula is C24H30Cl2Zr. The Morgan fingerprint density at radius 2 is 1.48 bits per heavy atom. The molecule has 0 saturated heterocycles. The molecule has 0 aromatic heterocycles. The average Bonchev–Trinajstić information content (AvgIpc) is 3.36. The van der Waals surface area contributed by atoms with Crippen LogP contribution in [0.4, 0.5) is 0 Å². The zero-order valence-electron chi connectivity index (χ0n) is 16.3. The summed E-state index contributed by atoms with van der Waals surface area (Å²) in [7, 11) is 9.87. The van der Waals surface area contributed by atoms with Gasteiger partial charge in [0.05, 0.1) is 0 Å². The molecule has 1 fully saturated rings. The number of fused-ring (bicyclic) bond motifs is 1. The maximum atomic E-state index is 4.93. The van der Waals surface area contributed by atoms with E-state index in [9.17, 15) is 0 Å². The molecule has 1 unspecified atom stereocenters. The van der Waals surface area contributed by atoms with Crippen LogP contribution in [0.2, 0.25) is 0 Å². The second-order valence-corrected chi connectivity index (χ2v) is 12.3. The van der Waals surface area contributed by atoms with Crippen molar-refractivity contribution >= 4 is 17.0 Å². The van der Waals surface area contributed by atoms with Crippen LogP contribution in [0.25, 0.3) is 0 Å². The second-order valence-electron chi connectivity index (χ2n) is 8.54. The standard InChI is InChI=1S/C24H30.2ClH.Zr/c1-2-10-18(11-3-1)24-21(17-8-4-5-9-17)14-15-22-20-13-7-6-12-19(20)16-23(22)24;;;/h4-5,8,21H,1-3,6-7,9-16H2;2*1H;/q;;;+2/p-2. The summed E-state index contributed by atoms with van der Waals surface area (Å²) in [6.07, 6.45) is 25.1. The Balaban J connectivity index is 0.000000565. The van der Waals surface area contributed by atoms with E-state index < -0.39 is 20.8 Å². The van der Waals surface area contributed by atoms with E-state index in [1.54, 1.807) is 5.57 Å². The minimum absolute atomic E-state index is 0.744. The molecule has 5 aliphatic carbocycles. The first kappa shape index (κ1) is 20.4. The van der Waals surface area contributed by atoms with Crippen LogP contribution in [0.5, 0.6) is 0 Å². The van der Waals surface area contributed by atoms with Crippen molar-refractivity contribution in [1.82, 2.24) is 0 Å². The number of halogens is 2. The van der Waals surface area contributed by atoms with Gasteiger partial charge in [-0.25, -0.2) is 0 Å². The monoisotopic (exact) mass is 478 g/mol. The Labute approximate surface area is 183 Å². The molecule has 0 nitrogen and oxygen atoms in total. The fraction of sp³-hybridized carbons (Fsp3) is 0.583. The number of hydrogen-bond donors (Lipinski definition) is 0.